The van der Waals surface area contributed by atoms with Gasteiger partial charge in [0.1, 0.15) is 6.61 Å². The number of aryl methyl sites for hydroxylation is 1. The Bertz CT molecular complexity index is 1120. The minimum Gasteiger partial charge on any atom is -0.367 e. The molecule has 5 rings (SSSR count). The van der Waals surface area contributed by atoms with Crippen LogP contribution in [0.15, 0.2) is 30.5 Å². The highest BCUT2D eigenvalue weighted by Gasteiger charge is 2.53. The van der Waals surface area contributed by atoms with Gasteiger partial charge in [-0.1, -0.05) is 19.8 Å². The second-order valence-electron chi connectivity index (χ2n) is 9.56. The molecular weight excluding hydrogens is 486 g/mol. The third-order valence-corrected chi connectivity index (χ3v) is 8.96. The number of rotatable bonds is 7. The maximum atomic E-state index is 13.3. The molecule has 186 valence electrons. The van der Waals surface area contributed by atoms with Crippen molar-refractivity contribution in [1.82, 2.24) is 15.2 Å². The van der Waals surface area contributed by atoms with Crippen molar-refractivity contribution in [3.05, 3.63) is 41.0 Å². The van der Waals surface area contributed by atoms with E-state index in [0.717, 1.165) is 48.2 Å². The molecule has 1 unspecified atom stereocenters. The third kappa shape index (κ3) is 4.94. The first-order chi connectivity index (χ1) is 17.0. The molecule has 0 bridgehead atoms. The minimum absolute atomic E-state index is 0.0147. The number of amides is 1. The van der Waals surface area contributed by atoms with Crippen molar-refractivity contribution < 1.29 is 19.1 Å². The van der Waals surface area contributed by atoms with Gasteiger partial charge in [-0.15, -0.1) is 22.9 Å². The van der Waals surface area contributed by atoms with Gasteiger partial charge in [0.05, 0.1) is 28.9 Å². The van der Waals surface area contributed by atoms with Gasteiger partial charge >= 0.3 is 0 Å². The SMILES string of the molecule is CCc1cc(-c2ccc(C(=O)NCC(=O)[C@H]3CCCCC3N3C[C@H](Cl)[C@H]4OCC(=O)[C@H]43)s2)ccn1. The first kappa shape index (κ1) is 24.6. The van der Waals surface area contributed by atoms with Gasteiger partial charge in [-0.25, -0.2) is 0 Å². The van der Waals surface area contributed by atoms with Gasteiger partial charge in [0.2, 0.25) is 0 Å². The Hall–Kier alpha value is -2.13. The molecule has 2 saturated heterocycles. The van der Waals surface area contributed by atoms with E-state index in [1.54, 1.807) is 12.3 Å². The average molecular weight is 516 g/mol. The molecule has 1 aliphatic carbocycles. The number of pyridine rings is 1. The number of halogens is 1. The zero-order chi connectivity index (χ0) is 24.5. The summed E-state index contributed by atoms with van der Waals surface area (Å²) in [5, 5.41) is 2.59. The maximum Gasteiger partial charge on any atom is 0.261 e. The van der Waals surface area contributed by atoms with E-state index in [0.29, 0.717) is 11.4 Å². The summed E-state index contributed by atoms with van der Waals surface area (Å²) in [6.45, 7) is 2.69. The highest BCUT2D eigenvalue weighted by atomic mass is 35.5. The fourth-order valence-corrected chi connectivity index (χ4v) is 6.97. The highest BCUT2D eigenvalue weighted by Crippen LogP contribution is 2.38. The van der Waals surface area contributed by atoms with Crippen molar-refractivity contribution in [3.63, 3.8) is 0 Å². The van der Waals surface area contributed by atoms with Gasteiger partial charge in [0.25, 0.3) is 5.91 Å². The highest BCUT2D eigenvalue weighted by molar-refractivity contribution is 7.17. The standard InChI is InChI=1S/C26H30ClN3O4S/c1-2-16-11-15(9-10-28-16)22-7-8-23(35-22)26(33)29-12-20(31)17-5-3-4-6-19(17)30-13-18(27)25-24(30)21(32)14-34-25/h7-11,17-19,24-25H,2-6,12-14H2,1H3,(H,29,33)/t17-,18-,19?,24+,25+/m0/s1. The lowest BCUT2D eigenvalue weighted by molar-refractivity contribution is -0.128. The Morgan fingerprint density at radius 1 is 1.26 bits per heavy atom. The number of fused-ring (bicyclic) bond motifs is 1. The Morgan fingerprint density at radius 2 is 2.09 bits per heavy atom. The zero-order valence-corrected chi connectivity index (χ0v) is 21.3. The molecule has 2 aromatic rings. The van der Waals surface area contributed by atoms with Crippen molar-refractivity contribution in [1.29, 1.82) is 0 Å². The summed E-state index contributed by atoms with van der Waals surface area (Å²) < 4.78 is 5.63. The van der Waals surface area contributed by atoms with Crippen molar-refractivity contribution in [2.24, 2.45) is 5.92 Å². The summed E-state index contributed by atoms with van der Waals surface area (Å²) in [4.78, 5) is 46.6. The normalized spacial score (nSPS) is 28.7. The van der Waals surface area contributed by atoms with Crippen LogP contribution in [-0.2, 0) is 20.7 Å². The maximum absolute atomic E-state index is 13.3. The predicted octanol–water partition coefficient (Wildman–Crippen LogP) is 3.49. The molecule has 2 aromatic heterocycles. The van der Waals surface area contributed by atoms with Crippen LogP contribution in [0.25, 0.3) is 10.4 Å². The van der Waals surface area contributed by atoms with Gasteiger partial charge in [-0.3, -0.25) is 24.3 Å². The van der Waals surface area contributed by atoms with Crippen LogP contribution in [-0.4, -0.2) is 70.6 Å². The third-order valence-electron chi connectivity index (χ3n) is 7.44. The van der Waals surface area contributed by atoms with Gasteiger partial charge < -0.3 is 10.1 Å². The van der Waals surface area contributed by atoms with Crippen molar-refractivity contribution in [2.75, 3.05) is 19.7 Å². The Kier molecular flexibility index (Phi) is 7.34. The minimum atomic E-state index is -0.351. The fraction of sp³-hybridized carbons (Fsp3) is 0.538. The monoisotopic (exact) mass is 515 g/mol. The number of nitrogens with zero attached hydrogens (tertiary/aromatic N) is 2. The van der Waals surface area contributed by atoms with Gasteiger partial charge in [0, 0.05) is 35.3 Å². The van der Waals surface area contributed by atoms with Crippen LogP contribution >= 0.6 is 22.9 Å². The van der Waals surface area contributed by atoms with E-state index in [1.807, 2.05) is 18.2 Å². The van der Waals surface area contributed by atoms with E-state index in [-0.39, 0.29) is 60.1 Å². The van der Waals surface area contributed by atoms with Crippen molar-refractivity contribution in [2.45, 2.75) is 62.6 Å². The summed E-state index contributed by atoms with van der Waals surface area (Å²) in [6.07, 6.45) is 5.95. The topological polar surface area (TPSA) is 88.6 Å². The Balaban J connectivity index is 1.23. The number of Topliss-reactive ketones (excluding diaryl/α,β-unsaturated/α-hetero) is 2. The molecule has 1 amide bonds. The second-order valence-corrected chi connectivity index (χ2v) is 11.2. The lowest BCUT2D eigenvalue weighted by Crippen LogP contribution is -2.52. The fourth-order valence-electron chi connectivity index (χ4n) is 5.68. The van der Waals surface area contributed by atoms with E-state index in [1.165, 1.54) is 11.3 Å². The van der Waals surface area contributed by atoms with Gasteiger partial charge in [-0.05, 0) is 49.1 Å². The summed E-state index contributed by atoms with van der Waals surface area (Å²) in [7, 11) is 0. The summed E-state index contributed by atoms with van der Waals surface area (Å²) in [5.41, 5.74) is 2.04. The molecule has 7 nitrogen and oxygen atoms in total. The number of hydrogen-bond donors (Lipinski definition) is 1. The van der Waals surface area contributed by atoms with Crippen molar-refractivity contribution >= 4 is 40.4 Å². The average Bonchev–Trinajstić information content (AvgIpc) is 3.60. The van der Waals surface area contributed by atoms with E-state index in [2.05, 4.69) is 22.1 Å². The molecule has 1 N–H and O–H groups in total. The van der Waals surface area contributed by atoms with E-state index >= 15 is 0 Å². The summed E-state index contributed by atoms with van der Waals surface area (Å²) in [6, 6.07) is 7.31. The molecule has 3 aliphatic rings. The molecule has 0 radical (unpaired) electrons. The number of carbonyl (C=O) groups excluding carboxylic acids is 3. The van der Waals surface area contributed by atoms with Crippen LogP contribution in [0.2, 0.25) is 0 Å². The summed E-state index contributed by atoms with van der Waals surface area (Å²) >= 11 is 7.90. The van der Waals surface area contributed by atoms with Gasteiger partial charge in [-0.2, -0.15) is 0 Å². The molecular formula is C26H30ClN3O4S. The molecule has 35 heavy (non-hydrogen) atoms. The van der Waals surface area contributed by atoms with Gasteiger partial charge in [0.15, 0.2) is 11.6 Å². The number of nitrogens with one attached hydrogen (secondary N) is 1. The number of aromatic nitrogens is 1. The second kappa shape index (κ2) is 10.5. The number of thiophene rings is 1. The number of ketones is 2. The molecule has 2 aliphatic heterocycles. The largest absolute Gasteiger partial charge is 0.367 e. The van der Waals surface area contributed by atoms with Crippen LogP contribution in [0.3, 0.4) is 0 Å². The number of ether oxygens (including phenoxy) is 1. The summed E-state index contributed by atoms with van der Waals surface area (Å²) in [5.74, 6) is -0.393. The molecule has 0 spiro atoms. The predicted molar refractivity (Wildman–Crippen MR) is 135 cm³/mol. The molecule has 5 atom stereocenters. The lowest BCUT2D eigenvalue weighted by Gasteiger charge is -2.39. The van der Waals surface area contributed by atoms with E-state index in [4.69, 9.17) is 16.3 Å². The zero-order valence-electron chi connectivity index (χ0n) is 19.7. The Morgan fingerprint density at radius 3 is 2.91 bits per heavy atom. The first-order valence-corrected chi connectivity index (χ1v) is 13.6. The molecule has 4 heterocycles. The number of likely N-dealkylation sites (tertiary alicyclic amines) is 1. The molecule has 9 heteroatoms. The number of alkyl halides is 1. The lowest BCUT2D eigenvalue weighted by atomic mass is 9.80. The van der Waals surface area contributed by atoms with Crippen LogP contribution < -0.4 is 5.32 Å². The Labute approximate surface area is 214 Å². The van der Waals surface area contributed by atoms with Crippen LogP contribution in [0.1, 0.15) is 48.0 Å². The van der Waals surface area contributed by atoms with E-state index < -0.39 is 0 Å². The first-order valence-electron chi connectivity index (χ1n) is 12.4. The van der Waals surface area contributed by atoms with Crippen LogP contribution in [0, 0.1) is 5.92 Å². The van der Waals surface area contributed by atoms with Crippen LogP contribution in [0.4, 0.5) is 0 Å². The molecule has 0 aromatic carbocycles. The smallest absolute Gasteiger partial charge is 0.261 e. The number of carbonyl (C=O) groups is 3. The van der Waals surface area contributed by atoms with Crippen LogP contribution in [0.5, 0.6) is 0 Å². The molecule has 1 saturated carbocycles. The van der Waals surface area contributed by atoms with Crippen molar-refractivity contribution in [3.8, 4) is 10.4 Å². The quantitative estimate of drug-likeness (QED) is 0.568. The number of hydrogen-bond acceptors (Lipinski definition) is 7. The molecule has 3 fully saturated rings. The van der Waals surface area contributed by atoms with E-state index in [9.17, 15) is 14.4 Å².